The Hall–Kier alpha value is -3.77. The first-order valence-corrected chi connectivity index (χ1v) is 8.19. The van der Waals surface area contributed by atoms with Crippen molar-refractivity contribution in [2.24, 2.45) is 5.73 Å². The van der Waals surface area contributed by atoms with E-state index in [0.717, 1.165) is 29.5 Å². The Morgan fingerprint density at radius 2 is 1.58 bits per heavy atom. The Labute approximate surface area is 168 Å². The summed E-state index contributed by atoms with van der Waals surface area (Å²) < 4.78 is 92.3. The Kier molecular flexibility index (Phi) is 5.53. The molecule has 31 heavy (non-hydrogen) atoms. The van der Waals surface area contributed by atoms with Gasteiger partial charge < -0.3 is 5.73 Å². The number of nitrogens with zero attached hydrogens (tertiary/aromatic N) is 4. The third-order valence-corrected chi connectivity index (χ3v) is 3.92. The average molecular weight is 445 g/mol. The van der Waals surface area contributed by atoms with Crippen molar-refractivity contribution in [3.05, 3.63) is 65.5 Å². The number of carbonyl (C=O) groups is 1. The summed E-state index contributed by atoms with van der Waals surface area (Å²) in [6.45, 7) is 0. The lowest BCUT2D eigenvalue weighted by molar-refractivity contribution is -0.143. The van der Waals surface area contributed by atoms with Crippen molar-refractivity contribution < 1.29 is 35.5 Å². The van der Waals surface area contributed by atoms with Gasteiger partial charge in [0.05, 0.1) is 16.7 Å². The van der Waals surface area contributed by atoms with Crippen molar-refractivity contribution in [3.63, 3.8) is 0 Å². The molecule has 13 heteroatoms. The minimum atomic E-state index is -5.04. The number of pyridine rings is 1. The van der Waals surface area contributed by atoms with E-state index in [1.165, 1.54) is 6.07 Å². The monoisotopic (exact) mass is 445 g/mol. The average Bonchev–Trinajstić information content (AvgIpc) is 3.13. The van der Waals surface area contributed by atoms with Gasteiger partial charge in [-0.15, -0.1) is 5.10 Å². The van der Waals surface area contributed by atoms with Gasteiger partial charge in [-0.05, 0) is 29.8 Å². The Balaban J connectivity index is 2.07. The van der Waals surface area contributed by atoms with E-state index in [-0.39, 0.29) is 17.2 Å². The lowest BCUT2D eigenvalue weighted by Crippen LogP contribution is -2.14. The standard InChI is InChI=1S/C18H10F7N5O/c19-14-5-9(1-2-27-14)13(15(26)31)7-30-8-28-16(29-30)10-3-11(17(20,21)22)6-12(4-10)18(23,24)25/h1-8H,(H2,26,31). The topological polar surface area (TPSA) is 86.7 Å². The molecular formula is C18H10F7N5O. The quantitative estimate of drug-likeness (QED) is 0.374. The molecular weight excluding hydrogens is 435 g/mol. The molecule has 0 aliphatic rings. The van der Waals surface area contributed by atoms with Crippen LogP contribution in [0.5, 0.6) is 0 Å². The maximum atomic E-state index is 13.3. The number of nitrogens with two attached hydrogens (primary N) is 1. The van der Waals surface area contributed by atoms with E-state index in [1.807, 2.05) is 0 Å². The van der Waals surface area contributed by atoms with E-state index in [2.05, 4.69) is 15.1 Å². The van der Waals surface area contributed by atoms with Gasteiger partial charge in [-0.1, -0.05) is 0 Å². The van der Waals surface area contributed by atoms with Crippen LogP contribution in [0.15, 0.2) is 42.9 Å². The van der Waals surface area contributed by atoms with E-state index in [9.17, 15) is 35.5 Å². The molecule has 2 heterocycles. The fourth-order valence-electron chi connectivity index (χ4n) is 2.54. The van der Waals surface area contributed by atoms with E-state index in [1.54, 1.807) is 0 Å². The number of amides is 1. The minimum absolute atomic E-state index is 0.0236. The van der Waals surface area contributed by atoms with Gasteiger partial charge in [0.25, 0.3) is 5.91 Å². The molecule has 1 aromatic carbocycles. The van der Waals surface area contributed by atoms with Crippen LogP contribution in [0.4, 0.5) is 30.7 Å². The summed E-state index contributed by atoms with van der Waals surface area (Å²) >= 11 is 0. The van der Waals surface area contributed by atoms with E-state index < -0.39 is 46.7 Å². The summed E-state index contributed by atoms with van der Waals surface area (Å²) in [7, 11) is 0. The molecule has 2 N–H and O–H groups in total. The Morgan fingerprint density at radius 1 is 0.968 bits per heavy atom. The van der Waals surface area contributed by atoms with Crippen molar-refractivity contribution in [1.29, 1.82) is 0 Å². The van der Waals surface area contributed by atoms with Crippen LogP contribution in [-0.4, -0.2) is 25.7 Å². The van der Waals surface area contributed by atoms with Crippen LogP contribution in [0.25, 0.3) is 23.2 Å². The number of alkyl halides is 6. The van der Waals surface area contributed by atoms with Gasteiger partial charge in [-0.3, -0.25) is 4.79 Å². The van der Waals surface area contributed by atoms with E-state index in [4.69, 9.17) is 5.73 Å². The molecule has 1 amide bonds. The summed E-state index contributed by atoms with van der Waals surface area (Å²) in [5.74, 6) is -2.38. The smallest absolute Gasteiger partial charge is 0.366 e. The molecule has 0 saturated heterocycles. The molecule has 3 rings (SSSR count). The van der Waals surface area contributed by atoms with Crippen LogP contribution in [0.1, 0.15) is 16.7 Å². The SMILES string of the molecule is NC(=O)C(=Cn1cnc(-c2cc(C(F)(F)F)cc(C(F)(F)F)c2)n1)c1ccnc(F)c1. The highest BCUT2D eigenvalue weighted by molar-refractivity contribution is 6.22. The number of primary amides is 1. The van der Waals surface area contributed by atoms with Crippen LogP contribution >= 0.6 is 0 Å². The lowest BCUT2D eigenvalue weighted by Gasteiger charge is -2.13. The fraction of sp³-hybridized carbons (Fsp3) is 0.111. The normalized spacial score (nSPS) is 12.8. The number of carbonyl (C=O) groups excluding carboxylic acids is 1. The van der Waals surface area contributed by atoms with Gasteiger partial charge in [-0.2, -0.15) is 30.7 Å². The molecule has 0 bridgehead atoms. The van der Waals surface area contributed by atoms with Crippen LogP contribution in [0, 0.1) is 5.95 Å². The summed E-state index contributed by atoms with van der Waals surface area (Å²) in [6.07, 6.45) is -7.09. The summed E-state index contributed by atoms with van der Waals surface area (Å²) in [5, 5.41) is 3.77. The number of rotatable bonds is 4. The number of aromatic nitrogens is 4. The predicted octanol–water partition coefficient (Wildman–Crippen LogP) is 4.00. The summed E-state index contributed by atoms with van der Waals surface area (Å²) in [6, 6.07) is 3.07. The van der Waals surface area contributed by atoms with Gasteiger partial charge >= 0.3 is 12.4 Å². The zero-order valence-electron chi connectivity index (χ0n) is 15.0. The van der Waals surface area contributed by atoms with Crippen molar-refractivity contribution in [2.45, 2.75) is 12.4 Å². The maximum Gasteiger partial charge on any atom is 0.416 e. The summed E-state index contributed by atoms with van der Waals surface area (Å²) in [5.41, 5.74) is 1.41. The molecule has 0 fully saturated rings. The van der Waals surface area contributed by atoms with Gasteiger partial charge in [0.15, 0.2) is 5.82 Å². The first kappa shape index (κ1) is 21.9. The lowest BCUT2D eigenvalue weighted by atomic mass is 10.0. The molecule has 0 unspecified atom stereocenters. The van der Waals surface area contributed by atoms with Crippen molar-refractivity contribution in [3.8, 4) is 11.4 Å². The molecule has 0 radical (unpaired) electrons. The molecule has 0 atom stereocenters. The maximum absolute atomic E-state index is 13.3. The first-order valence-electron chi connectivity index (χ1n) is 8.19. The van der Waals surface area contributed by atoms with Crippen molar-refractivity contribution in [2.75, 3.05) is 0 Å². The van der Waals surface area contributed by atoms with Crippen molar-refractivity contribution >= 4 is 17.7 Å². The number of halogens is 7. The van der Waals surface area contributed by atoms with E-state index >= 15 is 0 Å². The van der Waals surface area contributed by atoms with Gasteiger partial charge in [0.1, 0.15) is 6.33 Å². The minimum Gasteiger partial charge on any atom is -0.366 e. The number of benzene rings is 1. The zero-order chi connectivity index (χ0) is 23.0. The number of hydrogen-bond acceptors (Lipinski definition) is 4. The van der Waals surface area contributed by atoms with Crippen LogP contribution < -0.4 is 5.73 Å². The highest BCUT2D eigenvalue weighted by atomic mass is 19.4. The second-order valence-corrected chi connectivity index (χ2v) is 6.12. The third kappa shape index (κ3) is 5.05. The molecule has 3 aromatic rings. The molecule has 0 spiro atoms. The molecule has 6 nitrogen and oxygen atoms in total. The largest absolute Gasteiger partial charge is 0.416 e. The van der Waals surface area contributed by atoms with Crippen LogP contribution in [0.3, 0.4) is 0 Å². The zero-order valence-corrected chi connectivity index (χ0v) is 15.0. The van der Waals surface area contributed by atoms with Crippen LogP contribution in [-0.2, 0) is 17.1 Å². The molecule has 0 aliphatic heterocycles. The third-order valence-electron chi connectivity index (χ3n) is 3.92. The second kappa shape index (κ2) is 7.81. The van der Waals surface area contributed by atoms with Crippen LogP contribution in [0.2, 0.25) is 0 Å². The Morgan fingerprint density at radius 3 is 2.10 bits per heavy atom. The molecule has 0 aliphatic carbocycles. The molecule has 2 aromatic heterocycles. The van der Waals surface area contributed by atoms with Gasteiger partial charge in [-0.25, -0.2) is 14.6 Å². The molecule has 0 saturated carbocycles. The highest BCUT2D eigenvalue weighted by Crippen LogP contribution is 2.38. The molecule has 162 valence electrons. The first-order chi connectivity index (χ1) is 14.3. The second-order valence-electron chi connectivity index (χ2n) is 6.12. The van der Waals surface area contributed by atoms with Crippen molar-refractivity contribution in [1.82, 2.24) is 19.7 Å². The predicted molar refractivity (Wildman–Crippen MR) is 93.0 cm³/mol. The summed E-state index contributed by atoms with van der Waals surface area (Å²) in [4.78, 5) is 18.7. The fourth-order valence-corrected chi connectivity index (χ4v) is 2.54. The van der Waals surface area contributed by atoms with E-state index in [0.29, 0.717) is 12.1 Å². The highest BCUT2D eigenvalue weighted by Gasteiger charge is 2.37. The number of hydrogen-bond donors (Lipinski definition) is 1. The van der Waals surface area contributed by atoms with Gasteiger partial charge in [0, 0.05) is 24.0 Å². The van der Waals surface area contributed by atoms with Gasteiger partial charge in [0.2, 0.25) is 5.95 Å². The Bertz CT molecular complexity index is 1130.